The van der Waals surface area contributed by atoms with Gasteiger partial charge in [0.05, 0.1) is 5.75 Å². The summed E-state index contributed by atoms with van der Waals surface area (Å²) >= 11 is 1.38. The third-order valence-corrected chi connectivity index (χ3v) is 3.44. The first-order chi connectivity index (χ1) is 9.02. The van der Waals surface area contributed by atoms with E-state index < -0.39 is 12.0 Å². The molecular formula is C14H17NO3S. The molecule has 102 valence electrons. The second kappa shape index (κ2) is 7.63. The first-order valence-electron chi connectivity index (χ1n) is 5.85. The van der Waals surface area contributed by atoms with E-state index in [1.807, 2.05) is 31.2 Å². The molecule has 1 rings (SSSR count). The standard InChI is InChI=1S/C14H17NO3S/c1-3-4-12(14(17)18)15-13(16)9-19-11-7-5-10(2)6-8-11/h3,5-8,12H,1,4,9H2,2H3,(H,15,16)(H,17,18). The van der Waals surface area contributed by atoms with Crippen molar-refractivity contribution in [3.05, 3.63) is 42.5 Å². The highest BCUT2D eigenvalue weighted by atomic mass is 32.2. The lowest BCUT2D eigenvalue weighted by atomic mass is 10.2. The van der Waals surface area contributed by atoms with Crippen LogP contribution in [0.2, 0.25) is 0 Å². The summed E-state index contributed by atoms with van der Waals surface area (Å²) in [5.74, 6) is -1.14. The van der Waals surface area contributed by atoms with E-state index in [-0.39, 0.29) is 18.1 Å². The van der Waals surface area contributed by atoms with Crippen LogP contribution >= 0.6 is 11.8 Å². The zero-order chi connectivity index (χ0) is 14.3. The number of thioether (sulfide) groups is 1. The molecule has 1 unspecified atom stereocenters. The lowest BCUT2D eigenvalue weighted by molar-refractivity contribution is -0.141. The number of hydrogen-bond acceptors (Lipinski definition) is 3. The summed E-state index contributed by atoms with van der Waals surface area (Å²) in [5.41, 5.74) is 1.16. The maximum absolute atomic E-state index is 11.6. The van der Waals surface area contributed by atoms with Gasteiger partial charge in [0.1, 0.15) is 6.04 Å². The van der Waals surface area contributed by atoms with Gasteiger partial charge in [-0.3, -0.25) is 4.79 Å². The predicted molar refractivity (Wildman–Crippen MR) is 76.3 cm³/mol. The highest BCUT2D eigenvalue weighted by Crippen LogP contribution is 2.17. The number of carbonyl (C=O) groups is 2. The van der Waals surface area contributed by atoms with Crippen LogP contribution in [0, 0.1) is 6.92 Å². The minimum Gasteiger partial charge on any atom is -0.480 e. The molecule has 0 saturated heterocycles. The first-order valence-corrected chi connectivity index (χ1v) is 6.84. The van der Waals surface area contributed by atoms with Crippen LogP contribution in [-0.4, -0.2) is 28.8 Å². The molecule has 1 aromatic rings. The van der Waals surface area contributed by atoms with Crippen molar-refractivity contribution in [2.75, 3.05) is 5.75 Å². The topological polar surface area (TPSA) is 66.4 Å². The van der Waals surface area contributed by atoms with Crippen LogP contribution in [0.5, 0.6) is 0 Å². The maximum Gasteiger partial charge on any atom is 0.326 e. The number of carboxylic acids is 1. The van der Waals surface area contributed by atoms with Crippen molar-refractivity contribution in [3.63, 3.8) is 0 Å². The smallest absolute Gasteiger partial charge is 0.326 e. The molecule has 1 aromatic carbocycles. The van der Waals surface area contributed by atoms with Crippen LogP contribution in [-0.2, 0) is 9.59 Å². The minimum absolute atomic E-state index is 0.198. The van der Waals surface area contributed by atoms with Gasteiger partial charge in [0, 0.05) is 4.90 Å². The lowest BCUT2D eigenvalue weighted by Gasteiger charge is -2.12. The van der Waals surface area contributed by atoms with Crippen LogP contribution in [0.3, 0.4) is 0 Å². The lowest BCUT2D eigenvalue weighted by Crippen LogP contribution is -2.41. The van der Waals surface area contributed by atoms with Gasteiger partial charge in [0.15, 0.2) is 0 Å². The van der Waals surface area contributed by atoms with Crippen LogP contribution in [0.4, 0.5) is 0 Å². The molecule has 0 saturated carbocycles. The molecule has 0 spiro atoms. The van der Waals surface area contributed by atoms with Crippen molar-refractivity contribution in [1.82, 2.24) is 5.32 Å². The van der Waals surface area contributed by atoms with Gasteiger partial charge in [0.25, 0.3) is 0 Å². The number of aliphatic carboxylic acids is 1. The summed E-state index contributed by atoms with van der Waals surface area (Å²) in [6.07, 6.45) is 1.70. The molecule has 0 heterocycles. The van der Waals surface area contributed by atoms with Crippen molar-refractivity contribution >= 4 is 23.6 Å². The average Bonchev–Trinajstić information content (AvgIpc) is 2.37. The average molecular weight is 279 g/mol. The summed E-state index contributed by atoms with van der Waals surface area (Å²) in [4.78, 5) is 23.5. The van der Waals surface area contributed by atoms with Crippen molar-refractivity contribution < 1.29 is 14.7 Å². The zero-order valence-electron chi connectivity index (χ0n) is 10.8. The van der Waals surface area contributed by atoms with Gasteiger partial charge in [-0.15, -0.1) is 18.3 Å². The molecule has 0 fully saturated rings. The number of carbonyl (C=O) groups excluding carboxylic acids is 1. The van der Waals surface area contributed by atoms with Crippen LogP contribution in [0.25, 0.3) is 0 Å². The fraction of sp³-hybridized carbons (Fsp3) is 0.286. The van der Waals surface area contributed by atoms with Crippen molar-refractivity contribution in [2.24, 2.45) is 0 Å². The second-order valence-electron chi connectivity index (χ2n) is 4.08. The van der Waals surface area contributed by atoms with Crippen molar-refractivity contribution in [2.45, 2.75) is 24.3 Å². The number of aryl methyl sites for hydroxylation is 1. The van der Waals surface area contributed by atoms with E-state index in [1.54, 1.807) is 0 Å². The molecule has 5 heteroatoms. The Kier molecular flexibility index (Phi) is 6.15. The Bertz CT molecular complexity index is 456. The molecule has 0 aromatic heterocycles. The predicted octanol–water partition coefficient (Wildman–Crippen LogP) is 2.23. The molecule has 2 N–H and O–H groups in total. The van der Waals surface area contributed by atoms with Gasteiger partial charge in [0.2, 0.25) is 5.91 Å². The molecule has 4 nitrogen and oxygen atoms in total. The van der Waals surface area contributed by atoms with E-state index in [0.717, 1.165) is 10.5 Å². The Labute approximate surface area is 116 Å². The summed E-state index contributed by atoms with van der Waals surface area (Å²) in [7, 11) is 0. The fourth-order valence-corrected chi connectivity index (χ4v) is 2.12. The molecule has 0 aliphatic heterocycles. The minimum atomic E-state index is -1.05. The number of amides is 1. The molecule has 0 aliphatic carbocycles. The van der Waals surface area contributed by atoms with Crippen LogP contribution in [0.1, 0.15) is 12.0 Å². The summed E-state index contributed by atoms with van der Waals surface area (Å²) in [6.45, 7) is 5.47. The van der Waals surface area contributed by atoms with E-state index in [0.29, 0.717) is 0 Å². The van der Waals surface area contributed by atoms with E-state index >= 15 is 0 Å². The highest BCUT2D eigenvalue weighted by Gasteiger charge is 2.17. The van der Waals surface area contributed by atoms with Crippen molar-refractivity contribution in [3.8, 4) is 0 Å². The van der Waals surface area contributed by atoms with Gasteiger partial charge >= 0.3 is 5.97 Å². The molecule has 0 radical (unpaired) electrons. The maximum atomic E-state index is 11.6. The van der Waals surface area contributed by atoms with Crippen molar-refractivity contribution in [1.29, 1.82) is 0 Å². The number of carboxylic acid groups (broad SMARTS) is 1. The SMILES string of the molecule is C=CCC(NC(=O)CSc1ccc(C)cc1)C(=O)O. The van der Waals surface area contributed by atoms with Gasteiger partial charge in [-0.2, -0.15) is 0 Å². The molecular weight excluding hydrogens is 262 g/mol. The van der Waals surface area contributed by atoms with Gasteiger partial charge in [-0.1, -0.05) is 23.8 Å². The summed E-state index contributed by atoms with van der Waals surface area (Å²) in [5, 5.41) is 11.4. The highest BCUT2D eigenvalue weighted by molar-refractivity contribution is 8.00. The molecule has 19 heavy (non-hydrogen) atoms. The third kappa shape index (κ3) is 5.61. The normalized spacial score (nSPS) is 11.6. The summed E-state index contributed by atoms with van der Waals surface area (Å²) in [6, 6.07) is 6.91. The quantitative estimate of drug-likeness (QED) is 0.593. The largest absolute Gasteiger partial charge is 0.480 e. The van der Waals surface area contributed by atoms with Gasteiger partial charge in [-0.05, 0) is 25.5 Å². The zero-order valence-corrected chi connectivity index (χ0v) is 11.6. The van der Waals surface area contributed by atoms with Gasteiger partial charge < -0.3 is 10.4 Å². The molecule has 1 amide bonds. The first kappa shape index (κ1) is 15.3. The van der Waals surface area contributed by atoms with Gasteiger partial charge in [-0.25, -0.2) is 4.79 Å². The molecule has 0 aliphatic rings. The van der Waals surface area contributed by atoms with E-state index in [4.69, 9.17) is 5.11 Å². The third-order valence-electron chi connectivity index (χ3n) is 2.43. The van der Waals surface area contributed by atoms with Crippen LogP contribution < -0.4 is 5.32 Å². The van der Waals surface area contributed by atoms with E-state index in [2.05, 4.69) is 11.9 Å². The number of hydrogen-bond donors (Lipinski definition) is 2. The Balaban J connectivity index is 2.44. The number of rotatable bonds is 7. The number of benzene rings is 1. The Morgan fingerprint density at radius 3 is 2.58 bits per heavy atom. The fourth-order valence-electron chi connectivity index (χ4n) is 1.41. The Morgan fingerprint density at radius 2 is 2.05 bits per heavy atom. The second-order valence-corrected chi connectivity index (χ2v) is 5.13. The van der Waals surface area contributed by atoms with E-state index in [9.17, 15) is 9.59 Å². The summed E-state index contributed by atoms with van der Waals surface area (Å²) < 4.78 is 0. The Hall–Kier alpha value is -1.75. The monoisotopic (exact) mass is 279 g/mol. The van der Waals surface area contributed by atoms with Crippen LogP contribution in [0.15, 0.2) is 41.8 Å². The number of nitrogens with one attached hydrogen (secondary N) is 1. The molecule has 0 bridgehead atoms. The van der Waals surface area contributed by atoms with E-state index in [1.165, 1.54) is 17.8 Å². The Morgan fingerprint density at radius 1 is 1.42 bits per heavy atom. The molecule has 1 atom stereocenters.